The van der Waals surface area contributed by atoms with Crippen LogP contribution in [0.2, 0.25) is 0 Å². The molecule has 10 aromatic rings. The third-order valence-electron chi connectivity index (χ3n) is 9.91. The summed E-state index contributed by atoms with van der Waals surface area (Å²) in [7, 11) is 0. The van der Waals surface area contributed by atoms with E-state index >= 15 is 8.78 Å². The number of fused-ring (bicyclic) bond motifs is 6. The highest BCUT2D eigenvalue weighted by atomic mass is 19.1. The van der Waals surface area contributed by atoms with Gasteiger partial charge in [-0.25, -0.2) is 28.7 Å². The Morgan fingerprint density at radius 1 is 0.444 bits per heavy atom. The molecule has 6 aromatic carbocycles. The van der Waals surface area contributed by atoms with Gasteiger partial charge in [0.15, 0.2) is 11.6 Å². The van der Waals surface area contributed by atoms with Gasteiger partial charge in [0.2, 0.25) is 0 Å². The second kappa shape index (κ2) is 12.3. The van der Waals surface area contributed by atoms with Gasteiger partial charge in [-0.3, -0.25) is 0 Å². The van der Waals surface area contributed by atoms with Gasteiger partial charge in [0.1, 0.15) is 11.6 Å². The van der Waals surface area contributed by atoms with Gasteiger partial charge in [-0.1, -0.05) is 42.5 Å². The first kappa shape index (κ1) is 31.2. The Hall–Kier alpha value is -7.57. The van der Waals surface area contributed by atoms with Crippen LogP contribution in [0.3, 0.4) is 0 Å². The number of halogens is 2. The molecule has 0 aliphatic heterocycles. The van der Waals surface area contributed by atoms with Gasteiger partial charge >= 0.3 is 0 Å². The number of rotatable bonds is 5. The molecule has 0 unspecified atom stereocenters. The third kappa shape index (κ3) is 4.78. The van der Waals surface area contributed by atoms with Crippen molar-refractivity contribution in [2.75, 3.05) is 0 Å². The molecule has 7 nitrogen and oxygen atoms in total. The summed E-state index contributed by atoms with van der Waals surface area (Å²) >= 11 is 0. The minimum Gasteiger partial charge on any atom is -0.308 e. The van der Waals surface area contributed by atoms with Crippen LogP contribution in [0, 0.1) is 23.0 Å². The first-order valence-electron chi connectivity index (χ1n) is 17.2. The van der Waals surface area contributed by atoms with E-state index in [1.54, 1.807) is 49.1 Å². The van der Waals surface area contributed by atoms with Crippen molar-refractivity contribution >= 4 is 43.6 Å². The van der Waals surface area contributed by atoms with Gasteiger partial charge in [-0.15, -0.1) is 0 Å². The van der Waals surface area contributed by atoms with E-state index in [9.17, 15) is 5.26 Å². The quantitative estimate of drug-likeness (QED) is 0.178. The predicted octanol–water partition coefficient (Wildman–Crippen LogP) is 10.6. The molecule has 0 bridgehead atoms. The van der Waals surface area contributed by atoms with E-state index in [0.717, 1.165) is 54.7 Å². The Morgan fingerprint density at radius 3 is 1.35 bits per heavy atom. The number of hydrogen-bond acceptors (Lipinski definition) is 5. The van der Waals surface area contributed by atoms with Crippen LogP contribution in [-0.4, -0.2) is 29.1 Å². The maximum Gasteiger partial charge on any atom is 0.159 e. The number of hydrogen-bond donors (Lipinski definition) is 0. The number of aromatic nitrogens is 6. The van der Waals surface area contributed by atoms with Crippen LogP contribution >= 0.6 is 0 Å². The molecule has 0 amide bonds. The number of nitrogens with zero attached hydrogens (tertiary/aromatic N) is 7. The summed E-state index contributed by atoms with van der Waals surface area (Å²) in [5.41, 5.74) is 6.11. The highest BCUT2D eigenvalue weighted by molar-refractivity contribution is 6.13. The highest BCUT2D eigenvalue weighted by Gasteiger charge is 2.27. The molecule has 4 aromatic heterocycles. The van der Waals surface area contributed by atoms with Crippen molar-refractivity contribution in [3.05, 3.63) is 169 Å². The van der Waals surface area contributed by atoms with Crippen molar-refractivity contribution in [1.82, 2.24) is 29.1 Å². The van der Waals surface area contributed by atoms with E-state index in [2.05, 4.69) is 26.0 Å². The maximum atomic E-state index is 16.3. The Bertz CT molecular complexity index is 2950. The molecule has 0 aliphatic rings. The summed E-state index contributed by atoms with van der Waals surface area (Å²) in [5, 5.41) is 14.2. The largest absolute Gasteiger partial charge is 0.308 e. The van der Waals surface area contributed by atoms with Crippen LogP contribution in [-0.2, 0) is 0 Å². The number of benzene rings is 6. The second-order valence-electron chi connectivity index (χ2n) is 12.9. The lowest BCUT2D eigenvalue weighted by atomic mass is 9.97. The van der Waals surface area contributed by atoms with Gasteiger partial charge in [-0.05, 0) is 84.9 Å². The number of para-hydroxylation sites is 2. The zero-order valence-corrected chi connectivity index (χ0v) is 28.3. The van der Waals surface area contributed by atoms with Crippen molar-refractivity contribution in [2.45, 2.75) is 0 Å². The molecule has 0 saturated carbocycles. The van der Waals surface area contributed by atoms with Crippen molar-refractivity contribution in [3.63, 3.8) is 0 Å². The molecule has 0 saturated heterocycles. The molecule has 54 heavy (non-hydrogen) atoms. The van der Waals surface area contributed by atoms with Crippen LogP contribution < -0.4 is 0 Å². The fourth-order valence-corrected chi connectivity index (χ4v) is 7.66. The Morgan fingerprint density at radius 2 is 0.889 bits per heavy atom. The molecular weight excluding hydrogens is 677 g/mol. The Kier molecular flexibility index (Phi) is 7.10. The molecule has 0 fully saturated rings. The first-order valence-corrected chi connectivity index (χ1v) is 17.2. The van der Waals surface area contributed by atoms with Gasteiger partial charge < -0.3 is 9.13 Å². The summed E-state index contributed by atoms with van der Waals surface area (Å²) in [6.45, 7) is 0. The molecule has 0 N–H and O–H groups in total. The molecule has 4 heterocycles. The van der Waals surface area contributed by atoms with Gasteiger partial charge in [-0.2, -0.15) is 5.26 Å². The highest BCUT2D eigenvalue weighted by Crippen LogP contribution is 2.44. The molecule has 0 spiro atoms. The lowest BCUT2D eigenvalue weighted by molar-refractivity contribution is 0.589. The predicted molar refractivity (Wildman–Crippen MR) is 207 cm³/mol. The van der Waals surface area contributed by atoms with E-state index in [1.165, 1.54) is 18.2 Å². The van der Waals surface area contributed by atoms with Crippen LogP contribution in [0.4, 0.5) is 8.78 Å². The summed E-state index contributed by atoms with van der Waals surface area (Å²) < 4.78 is 36.7. The summed E-state index contributed by atoms with van der Waals surface area (Å²) in [5.74, 6) is -0.300. The third-order valence-corrected chi connectivity index (χ3v) is 9.91. The van der Waals surface area contributed by atoms with Crippen molar-refractivity contribution in [1.29, 1.82) is 5.26 Å². The van der Waals surface area contributed by atoms with Crippen molar-refractivity contribution in [3.8, 4) is 51.3 Å². The topological polar surface area (TPSA) is 85.2 Å². The van der Waals surface area contributed by atoms with Gasteiger partial charge in [0.25, 0.3) is 0 Å². The smallest absolute Gasteiger partial charge is 0.159 e. The van der Waals surface area contributed by atoms with E-state index < -0.39 is 11.6 Å². The monoisotopic (exact) mass is 701 g/mol. The molecule has 0 radical (unpaired) electrons. The van der Waals surface area contributed by atoms with Gasteiger partial charge in [0, 0.05) is 63.0 Å². The number of nitriles is 1. The van der Waals surface area contributed by atoms with E-state index in [4.69, 9.17) is 0 Å². The van der Waals surface area contributed by atoms with E-state index in [0.29, 0.717) is 34.2 Å². The van der Waals surface area contributed by atoms with E-state index in [1.807, 2.05) is 94.1 Å². The van der Waals surface area contributed by atoms with Crippen LogP contribution in [0.25, 0.3) is 88.9 Å². The van der Waals surface area contributed by atoms with Crippen LogP contribution in [0.1, 0.15) is 5.56 Å². The fourth-order valence-electron chi connectivity index (χ4n) is 7.66. The molecule has 254 valence electrons. The normalized spacial score (nSPS) is 11.5. The second-order valence-corrected chi connectivity index (χ2v) is 12.9. The molecule has 10 rings (SSSR count). The average molecular weight is 702 g/mol. The zero-order chi connectivity index (χ0) is 36.3. The van der Waals surface area contributed by atoms with Crippen molar-refractivity contribution < 1.29 is 8.78 Å². The maximum absolute atomic E-state index is 16.3. The molecule has 0 aliphatic carbocycles. The Balaban J connectivity index is 1.35. The molecule has 0 atom stereocenters. The zero-order valence-electron chi connectivity index (χ0n) is 28.3. The lowest BCUT2D eigenvalue weighted by Gasteiger charge is -2.21. The fraction of sp³-hybridized carbons (Fsp3) is 0. The molecule has 9 heteroatoms. The minimum atomic E-state index is -0.726. The summed E-state index contributed by atoms with van der Waals surface area (Å²) in [4.78, 5) is 17.8. The first-order chi connectivity index (χ1) is 26.6. The molecular formula is C45H25F2N7. The Labute approximate surface area is 306 Å². The summed E-state index contributed by atoms with van der Waals surface area (Å²) in [6, 6.07) is 40.8. The SMILES string of the molecule is N#Cc1cc(-n2c3ccccc3c3cc(-c4ncccn4)ccc32)c(-c2c(F)cccc2F)c(-n2c3ccccc3c3cc(-c4ncccn4)ccc32)c1. The van der Waals surface area contributed by atoms with Crippen molar-refractivity contribution in [2.24, 2.45) is 0 Å². The van der Waals surface area contributed by atoms with Gasteiger partial charge in [0.05, 0.1) is 50.6 Å². The average Bonchev–Trinajstić information content (AvgIpc) is 3.73. The minimum absolute atomic E-state index is 0.201. The van der Waals surface area contributed by atoms with Crippen LogP contribution in [0.5, 0.6) is 0 Å². The lowest BCUT2D eigenvalue weighted by Crippen LogP contribution is -2.07. The standard InChI is InChI=1S/C45H25F2N7/c46-34-10-5-11-35(47)42(34)43-40(53-36-12-3-1-8-30(36)32-24-28(14-16-38(32)53)44-49-18-6-19-50-44)22-27(26-48)23-41(43)54-37-13-4-2-9-31(37)33-25-29(15-17-39(33)54)45-51-20-7-21-52-45/h1-25H. The summed E-state index contributed by atoms with van der Waals surface area (Å²) in [6.07, 6.45) is 6.80. The van der Waals surface area contributed by atoms with Crippen LogP contribution in [0.15, 0.2) is 152 Å². The van der Waals surface area contributed by atoms with E-state index in [-0.39, 0.29) is 5.56 Å².